The van der Waals surface area contributed by atoms with Crippen molar-refractivity contribution < 1.29 is 23.5 Å². The summed E-state index contributed by atoms with van der Waals surface area (Å²) in [7, 11) is 0. The standard InChI is InChI=1S/C27H31FN2O4/c1-6-34-26(33)24-17(2)30(23(31)15-21(24)20-9-7-8-10-22(20)28)16-18-11-13-19(14-12-18)25(32)29-27(3,4)5/h7-14,21H,6,15-16H2,1-5H3,(H,29,32). The summed E-state index contributed by atoms with van der Waals surface area (Å²) in [4.78, 5) is 39.9. The predicted octanol–water partition coefficient (Wildman–Crippen LogP) is 4.71. The topological polar surface area (TPSA) is 75.7 Å². The van der Waals surface area contributed by atoms with E-state index in [1.807, 2.05) is 20.8 Å². The zero-order valence-electron chi connectivity index (χ0n) is 20.3. The van der Waals surface area contributed by atoms with Gasteiger partial charge in [0.2, 0.25) is 5.91 Å². The Labute approximate surface area is 199 Å². The maximum absolute atomic E-state index is 14.6. The van der Waals surface area contributed by atoms with E-state index in [1.54, 1.807) is 56.3 Å². The van der Waals surface area contributed by atoms with Crippen LogP contribution >= 0.6 is 0 Å². The van der Waals surface area contributed by atoms with Crippen LogP contribution in [0.4, 0.5) is 4.39 Å². The van der Waals surface area contributed by atoms with Crippen LogP contribution in [0.2, 0.25) is 0 Å². The molecule has 2 aromatic rings. The molecule has 1 unspecified atom stereocenters. The van der Waals surface area contributed by atoms with Crippen molar-refractivity contribution in [2.24, 2.45) is 0 Å². The molecule has 1 atom stereocenters. The zero-order chi connectivity index (χ0) is 25.0. The molecule has 6 nitrogen and oxygen atoms in total. The highest BCUT2D eigenvalue weighted by Gasteiger charge is 2.38. The van der Waals surface area contributed by atoms with E-state index in [1.165, 1.54) is 11.0 Å². The van der Waals surface area contributed by atoms with Gasteiger partial charge in [-0.2, -0.15) is 0 Å². The van der Waals surface area contributed by atoms with E-state index in [4.69, 9.17) is 4.74 Å². The minimum Gasteiger partial charge on any atom is -0.463 e. The number of nitrogens with zero attached hydrogens (tertiary/aromatic N) is 1. The number of carbonyl (C=O) groups excluding carboxylic acids is 3. The van der Waals surface area contributed by atoms with Gasteiger partial charge in [-0.3, -0.25) is 9.59 Å². The fraction of sp³-hybridized carbons (Fsp3) is 0.370. The molecule has 7 heteroatoms. The molecule has 180 valence electrons. The van der Waals surface area contributed by atoms with Gasteiger partial charge in [-0.05, 0) is 63.9 Å². The van der Waals surface area contributed by atoms with Crippen LogP contribution in [0, 0.1) is 5.82 Å². The Hall–Kier alpha value is -3.48. The summed E-state index contributed by atoms with van der Waals surface area (Å²) in [6.45, 7) is 9.51. The Balaban J connectivity index is 1.91. The van der Waals surface area contributed by atoms with E-state index in [9.17, 15) is 18.8 Å². The SMILES string of the molecule is CCOC(=O)C1=C(C)N(Cc2ccc(C(=O)NC(C)(C)C)cc2)C(=O)CC1c1ccccc1F. The molecule has 0 spiro atoms. The van der Waals surface area contributed by atoms with Crippen LogP contribution in [0.15, 0.2) is 59.8 Å². The van der Waals surface area contributed by atoms with Gasteiger partial charge in [0, 0.05) is 29.1 Å². The Morgan fingerprint density at radius 2 is 1.76 bits per heavy atom. The Morgan fingerprint density at radius 3 is 2.35 bits per heavy atom. The first-order valence-electron chi connectivity index (χ1n) is 11.4. The van der Waals surface area contributed by atoms with E-state index >= 15 is 0 Å². The highest BCUT2D eigenvalue weighted by atomic mass is 19.1. The van der Waals surface area contributed by atoms with Gasteiger partial charge in [-0.15, -0.1) is 0 Å². The number of carbonyl (C=O) groups is 3. The molecule has 0 saturated heterocycles. The highest BCUT2D eigenvalue weighted by molar-refractivity contribution is 5.96. The number of benzene rings is 2. The van der Waals surface area contributed by atoms with Crippen LogP contribution < -0.4 is 5.32 Å². The highest BCUT2D eigenvalue weighted by Crippen LogP contribution is 2.38. The van der Waals surface area contributed by atoms with Crippen molar-refractivity contribution >= 4 is 17.8 Å². The molecule has 0 fully saturated rings. The second kappa shape index (κ2) is 10.2. The maximum atomic E-state index is 14.6. The molecule has 0 aliphatic carbocycles. The molecule has 0 bridgehead atoms. The summed E-state index contributed by atoms with van der Waals surface area (Å²) >= 11 is 0. The maximum Gasteiger partial charge on any atom is 0.336 e. The number of hydrogen-bond donors (Lipinski definition) is 1. The molecule has 1 aliphatic heterocycles. The third kappa shape index (κ3) is 5.71. The van der Waals surface area contributed by atoms with E-state index in [0.29, 0.717) is 16.8 Å². The molecule has 2 amide bonds. The molecular formula is C27H31FN2O4. The molecular weight excluding hydrogens is 435 g/mol. The molecule has 0 saturated carbocycles. The molecule has 0 aromatic heterocycles. The largest absolute Gasteiger partial charge is 0.463 e. The molecule has 2 aromatic carbocycles. The molecule has 0 radical (unpaired) electrons. The molecule has 3 rings (SSSR count). The minimum absolute atomic E-state index is 0.0432. The Bertz CT molecular complexity index is 1120. The number of ether oxygens (including phenoxy) is 1. The van der Waals surface area contributed by atoms with Crippen molar-refractivity contribution in [2.75, 3.05) is 6.61 Å². The van der Waals surface area contributed by atoms with Gasteiger partial charge >= 0.3 is 5.97 Å². The van der Waals surface area contributed by atoms with Crippen LogP contribution in [0.5, 0.6) is 0 Å². The van der Waals surface area contributed by atoms with Gasteiger partial charge in [0.15, 0.2) is 0 Å². The summed E-state index contributed by atoms with van der Waals surface area (Å²) in [6, 6.07) is 13.2. The number of hydrogen-bond acceptors (Lipinski definition) is 4. The van der Waals surface area contributed by atoms with Crippen molar-refractivity contribution in [2.45, 2.75) is 59.0 Å². The van der Waals surface area contributed by atoms with Gasteiger partial charge in [-0.25, -0.2) is 9.18 Å². The first-order chi connectivity index (χ1) is 16.0. The molecule has 1 N–H and O–H groups in total. The summed E-state index contributed by atoms with van der Waals surface area (Å²) in [5.74, 6) is -2.13. The number of nitrogens with one attached hydrogen (secondary N) is 1. The minimum atomic E-state index is -0.715. The average Bonchev–Trinajstić information content (AvgIpc) is 2.76. The van der Waals surface area contributed by atoms with Crippen LogP contribution in [-0.4, -0.2) is 34.8 Å². The fourth-order valence-corrected chi connectivity index (χ4v) is 4.06. The lowest BCUT2D eigenvalue weighted by molar-refractivity contribution is -0.140. The Morgan fingerprint density at radius 1 is 1.12 bits per heavy atom. The smallest absolute Gasteiger partial charge is 0.336 e. The van der Waals surface area contributed by atoms with Crippen LogP contribution in [0.3, 0.4) is 0 Å². The summed E-state index contributed by atoms with van der Waals surface area (Å²) < 4.78 is 19.8. The molecule has 34 heavy (non-hydrogen) atoms. The van der Waals surface area contributed by atoms with Gasteiger partial charge in [-0.1, -0.05) is 30.3 Å². The predicted molar refractivity (Wildman–Crippen MR) is 127 cm³/mol. The third-order valence-corrected chi connectivity index (χ3v) is 5.64. The number of allylic oxidation sites excluding steroid dienone is 1. The normalized spacial score (nSPS) is 16.5. The summed E-state index contributed by atoms with van der Waals surface area (Å²) in [5.41, 5.74) is 1.99. The number of halogens is 1. The lowest BCUT2D eigenvalue weighted by Crippen LogP contribution is -2.40. The molecule has 1 heterocycles. The van der Waals surface area contributed by atoms with Crippen molar-refractivity contribution in [3.63, 3.8) is 0 Å². The first kappa shape index (κ1) is 25.1. The monoisotopic (exact) mass is 466 g/mol. The van der Waals surface area contributed by atoms with Crippen molar-refractivity contribution in [3.8, 4) is 0 Å². The lowest BCUT2D eigenvalue weighted by atomic mass is 9.83. The van der Waals surface area contributed by atoms with E-state index in [-0.39, 0.29) is 42.5 Å². The fourth-order valence-electron chi connectivity index (χ4n) is 4.06. The lowest BCUT2D eigenvalue weighted by Gasteiger charge is -2.34. The zero-order valence-corrected chi connectivity index (χ0v) is 20.3. The number of rotatable bonds is 6. The van der Waals surface area contributed by atoms with E-state index < -0.39 is 17.7 Å². The Kier molecular flexibility index (Phi) is 7.54. The van der Waals surface area contributed by atoms with Crippen LogP contribution in [0.1, 0.15) is 68.4 Å². The second-order valence-electron chi connectivity index (χ2n) is 9.38. The van der Waals surface area contributed by atoms with Crippen LogP contribution in [0.25, 0.3) is 0 Å². The summed E-state index contributed by atoms with van der Waals surface area (Å²) in [6.07, 6.45) is -0.0432. The second-order valence-corrected chi connectivity index (χ2v) is 9.38. The molecule has 1 aliphatic rings. The first-order valence-corrected chi connectivity index (χ1v) is 11.4. The quantitative estimate of drug-likeness (QED) is 0.626. The van der Waals surface area contributed by atoms with E-state index in [0.717, 1.165) is 5.56 Å². The number of esters is 1. The van der Waals surface area contributed by atoms with Crippen LogP contribution in [-0.2, 0) is 20.9 Å². The van der Waals surface area contributed by atoms with Crippen molar-refractivity contribution in [1.29, 1.82) is 0 Å². The van der Waals surface area contributed by atoms with Crippen molar-refractivity contribution in [1.82, 2.24) is 10.2 Å². The average molecular weight is 467 g/mol. The number of amides is 2. The van der Waals surface area contributed by atoms with Crippen molar-refractivity contribution in [3.05, 3.63) is 82.3 Å². The van der Waals surface area contributed by atoms with Gasteiger partial charge in [0.25, 0.3) is 5.91 Å². The van der Waals surface area contributed by atoms with Gasteiger partial charge in [0.05, 0.1) is 18.7 Å². The summed E-state index contributed by atoms with van der Waals surface area (Å²) in [5, 5.41) is 2.91. The third-order valence-electron chi connectivity index (χ3n) is 5.64. The van der Waals surface area contributed by atoms with Gasteiger partial charge < -0.3 is 15.0 Å². The van der Waals surface area contributed by atoms with Gasteiger partial charge in [0.1, 0.15) is 5.82 Å². The van der Waals surface area contributed by atoms with E-state index in [2.05, 4.69) is 5.32 Å².